The van der Waals surface area contributed by atoms with Gasteiger partial charge in [0.25, 0.3) is 11.5 Å². The van der Waals surface area contributed by atoms with Crippen LogP contribution in [0.2, 0.25) is 0 Å². The largest absolute Gasteiger partial charge is 0.490 e. The number of nitrogens with zero attached hydrogens (tertiary/aromatic N) is 6. The Labute approximate surface area is 276 Å². The number of likely N-dealkylation sites (tertiary alicyclic amines) is 1. The zero-order chi connectivity index (χ0) is 33.6. The number of rotatable bonds is 10. The van der Waals surface area contributed by atoms with E-state index in [1.54, 1.807) is 43.6 Å². The van der Waals surface area contributed by atoms with Crippen molar-refractivity contribution in [3.63, 3.8) is 0 Å². The average Bonchev–Trinajstić information content (AvgIpc) is 3.11. The van der Waals surface area contributed by atoms with Gasteiger partial charge in [0, 0.05) is 49.1 Å². The van der Waals surface area contributed by atoms with Gasteiger partial charge in [-0.25, -0.2) is 14.6 Å². The molecule has 1 atom stereocenters. The SMILES string of the molecule is Cc1nn(C2CCC(=O)NC2=O)c(=O)c2ccc(NCCCC(=O)N3CCC(COc4cnc(-c5cccc(C#N)c5)nc4)CC3)cc12. The second kappa shape index (κ2) is 14.4. The molecule has 0 spiro atoms. The zero-order valence-corrected chi connectivity index (χ0v) is 26.6. The number of piperidine rings is 2. The van der Waals surface area contributed by atoms with Crippen LogP contribution in [0.3, 0.4) is 0 Å². The third-order valence-corrected chi connectivity index (χ3v) is 8.84. The van der Waals surface area contributed by atoms with Gasteiger partial charge in [0.2, 0.25) is 11.8 Å². The van der Waals surface area contributed by atoms with E-state index in [9.17, 15) is 19.2 Å². The van der Waals surface area contributed by atoms with Gasteiger partial charge < -0.3 is 15.0 Å². The summed E-state index contributed by atoms with van der Waals surface area (Å²) in [6, 6.07) is 13.8. The highest BCUT2D eigenvalue weighted by Gasteiger charge is 2.30. The van der Waals surface area contributed by atoms with Crippen LogP contribution in [-0.4, -0.2) is 68.6 Å². The predicted octanol–water partition coefficient (Wildman–Crippen LogP) is 3.52. The molecule has 4 aromatic rings. The third kappa shape index (κ3) is 7.33. The van der Waals surface area contributed by atoms with Gasteiger partial charge in [0.1, 0.15) is 6.04 Å². The number of imide groups is 1. The molecule has 2 aromatic carbocycles. The Morgan fingerprint density at radius 3 is 2.60 bits per heavy atom. The molecule has 0 aliphatic carbocycles. The highest BCUT2D eigenvalue weighted by atomic mass is 16.5. The van der Waals surface area contributed by atoms with Gasteiger partial charge in [0.05, 0.1) is 41.7 Å². The van der Waals surface area contributed by atoms with Gasteiger partial charge in [-0.15, -0.1) is 0 Å². The van der Waals surface area contributed by atoms with E-state index in [1.165, 1.54) is 4.68 Å². The molecule has 13 nitrogen and oxygen atoms in total. The lowest BCUT2D eigenvalue weighted by molar-refractivity contribution is -0.136. The lowest BCUT2D eigenvalue weighted by Crippen LogP contribution is -2.45. The van der Waals surface area contributed by atoms with E-state index in [0.717, 1.165) is 24.1 Å². The topological polar surface area (TPSA) is 172 Å². The van der Waals surface area contributed by atoms with Crippen molar-refractivity contribution >= 4 is 34.2 Å². The van der Waals surface area contributed by atoms with Crippen molar-refractivity contribution in [2.45, 2.75) is 51.5 Å². The number of fused-ring (bicyclic) bond motifs is 1. The van der Waals surface area contributed by atoms with Crippen LogP contribution in [0.5, 0.6) is 5.75 Å². The lowest BCUT2D eigenvalue weighted by atomic mass is 9.97. The maximum absolute atomic E-state index is 13.2. The molecule has 2 aliphatic heterocycles. The van der Waals surface area contributed by atoms with Crippen LogP contribution in [0, 0.1) is 24.2 Å². The van der Waals surface area contributed by atoms with E-state index in [-0.39, 0.29) is 30.2 Å². The van der Waals surface area contributed by atoms with Crippen LogP contribution >= 0.6 is 0 Å². The number of aryl methyl sites for hydroxylation is 1. The maximum Gasteiger partial charge on any atom is 0.275 e. The van der Waals surface area contributed by atoms with Crippen molar-refractivity contribution in [1.29, 1.82) is 5.26 Å². The molecule has 0 saturated carbocycles. The molecule has 6 rings (SSSR count). The molecule has 3 amide bonds. The van der Waals surface area contributed by atoms with Crippen molar-refractivity contribution in [1.82, 2.24) is 30.0 Å². The van der Waals surface area contributed by atoms with Gasteiger partial charge in [-0.2, -0.15) is 10.4 Å². The quantitative estimate of drug-likeness (QED) is 0.191. The summed E-state index contributed by atoms with van der Waals surface area (Å²) in [5, 5.41) is 20.3. The summed E-state index contributed by atoms with van der Waals surface area (Å²) in [5.41, 5.74) is 2.37. The molecule has 13 heteroatoms. The van der Waals surface area contributed by atoms with Crippen LogP contribution < -0.4 is 20.9 Å². The fourth-order valence-electron chi connectivity index (χ4n) is 6.11. The van der Waals surface area contributed by atoms with E-state index in [2.05, 4.69) is 31.8 Å². The Hall–Kier alpha value is -5.64. The Morgan fingerprint density at radius 2 is 1.85 bits per heavy atom. The lowest BCUT2D eigenvalue weighted by Gasteiger charge is -2.32. The van der Waals surface area contributed by atoms with Crippen molar-refractivity contribution in [3.05, 3.63) is 76.5 Å². The highest BCUT2D eigenvalue weighted by Crippen LogP contribution is 2.24. The number of ether oxygens (including phenoxy) is 1. The Balaban J connectivity index is 0.929. The van der Waals surface area contributed by atoms with Gasteiger partial charge >= 0.3 is 0 Å². The normalized spacial score (nSPS) is 16.8. The maximum atomic E-state index is 13.2. The van der Waals surface area contributed by atoms with Crippen molar-refractivity contribution in [2.75, 3.05) is 31.6 Å². The number of anilines is 1. The minimum Gasteiger partial charge on any atom is -0.490 e. The Bertz CT molecular complexity index is 1940. The first-order valence-corrected chi connectivity index (χ1v) is 16.1. The van der Waals surface area contributed by atoms with E-state index in [0.29, 0.717) is 78.6 Å². The molecule has 2 aliphatic rings. The summed E-state index contributed by atoms with van der Waals surface area (Å²) in [6.07, 6.45) is 6.50. The van der Waals surface area contributed by atoms with Crippen molar-refractivity contribution < 1.29 is 19.1 Å². The van der Waals surface area contributed by atoms with Gasteiger partial charge in [0.15, 0.2) is 11.6 Å². The van der Waals surface area contributed by atoms with Crippen LogP contribution in [0.1, 0.15) is 55.8 Å². The molecule has 1 unspecified atom stereocenters. The molecule has 0 radical (unpaired) electrons. The molecule has 4 heterocycles. The van der Waals surface area contributed by atoms with Crippen LogP contribution in [0.4, 0.5) is 5.69 Å². The summed E-state index contributed by atoms with van der Waals surface area (Å²) in [6.45, 7) is 4.29. The van der Waals surface area contributed by atoms with E-state index in [4.69, 9.17) is 10.00 Å². The highest BCUT2D eigenvalue weighted by molar-refractivity contribution is 5.99. The number of amides is 3. The van der Waals surface area contributed by atoms with Gasteiger partial charge in [-0.3, -0.25) is 24.5 Å². The summed E-state index contributed by atoms with van der Waals surface area (Å²) >= 11 is 0. The number of nitrogens with one attached hydrogen (secondary N) is 2. The van der Waals surface area contributed by atoms with Crippen LogP contribution in [-0.2, 0) is 14.4 Å². The smallest absolute Gasteiger partial charge is 0.275 e. The molecular formula is C35H36N8O5. The molecule has 2 N–H and O–H groups in total. The minimum absolute atomic E-state index is 0.133. The first-order valence-electron chi connectivity index (χ1n) is 16.1. The second-order valence-electron chi connectivity index (χ2n) is 12.2. The molecule has 246 valence electrons. The number of benzene rings is 2. The second-order valence-corrected chi connectivity index (χ2v) is 12.2. The first-order chi connectivity index (χ1) is 23.3. The molecular weight excluding hydrogens is 612 g/mol. The monoisotopic (exact) mass is 648 g/mol. The number of nitriles is 1. The summed E-state index contributed by atoms with van der Waals surface area (Å²) in [4.78, 5) is 60.6. The summed E-state index contributed by atoms with van der Waals surface area (Å²) < 4.78 is 7.12. The molecule has 48 heavy (non-hydrogen) atoms. The number of hydrogen-bond donors (Lipinski definition) is 2. The van der Waals surface area contributed by atoms with Gasteiger partial charge in [-0.1, -0.05) is 12.1 Å². The van der Waals surface area contributed by atoms with Gasteiger partial charge in [-0.05, 0) is 68.9 Å². The molecule has 2 fully saturated rings. The fraction of sp³-hybridized carbons (Fsp3) is 0.371. The van der Waals surface area contributed by atoms with E-state index < -0.39 is 11.9 Å². The minimum atomic E-state index is -0.812. The summed E-state index contributed by atoms with van der Waals surface area (Å²) in [5.74, 6) is 0.728. The number of carbonyl (C=O) groups is 3. The standard InChI is InChI=1S/C35H36N8O5/c1-22-29-17-26(7-8-28(29)35(47)43(41-22)30-9-10-31(44)40-34(30)46)37-13-3-6-32(45)42-14-11-23(12-15-42)21-48-27-19-38-33(39-20-27)25-5-2-4-24(16-25)18-36/h2,4-5,7-8,16-17,19-20,23,30,37H,3,6,9-15,21H2,1H3,(H,40,44,46). The van der Waals surface area contributed by atoms with E-state index >= 15 is 0 Å². The fourth-order valence-corrected chi connectivity index (χ4v) is 6.11. The number of carbonyl (C=O) groups excluding carboxylic acids is 3. The Kier molecular flexibility index (Phi) is 9.70. The molecule has 2 aromatic heterocycles. The van der Waals surface area contributed by atoms with Crippen molar-refractivity contribution in [2.24, 2.45) is 5.92 Å². The average molecular weight is 649 g/mol. The third-order valence-electron chi connectivity index (χ3n) is 8.84. The van der Waals surface area contributed by atoms with E-state index in [1.807, 2.05) is 23.1 Å². The van der Waals surface area contributed by atoms with Crippen molar-refractivity contribution in [3.8, 4) is 23.2 Å². The zero-order valence-electron chi connectivity index (χ0n) is 26.6. The number of hydrogen-bond acceptors (Lipinski definition) is 10. The Morgan fingerprint density at radius 1 is 1.06 bits per heavy atom. The van der Waals surface area contributed by atoms with Crippen LogP contribution in [0.25, 0.3) is 22.2 Å². The summed E-state index contributed by atoms with van der Waals surface area (Å²) in [7, 11) is 0. The molecule has 0 bridgehead atoms. The van der Waals surface area contributed by atoms with Crippen LogP contribution in [0.15, 0.2) is 59.7 Å². The number of aromatic nitrogens is 4. The predicted molar refractivity (Wildman–Crippen MR) is 177 cm³/mol. The molecule has 2 saturated heterocycles. The first kappa shape index (κ1) is 32.3.